The molecule has 30 heavy (non-hydrogen) atoms. The summed E-state index contributed by atoms with van der Waals surface area (Å²) in [6.07, 6.45) is 0.428. The number of hydrogen-bond donors (Lipinski definition) is 1. The fourth-order valence-corrected chi connectivity index (χ4v) is 2.95. The Balaban J connectivity index is 1.57. The van der Waals surface area contributed by atoms with Crippen LogP contribution < -0.4 is 5.32 Å². The number of esters is 1. The molecule has 1 N–H and O–H groups in total. The predicted octanol–water partition coefficient (Wildman–Crippen LogP) is 3.48. The van der Waals surface area contributed by atoms with Crippen molar-refractivity contribution >= 4 is 34.4 Å². The van der Waals surface area contributed by atoms with E-state index in [0.717, 1.165) is 5.52 Å². The highest BCUT2D eigenvalue weighted by Crippen LogP contribution is 2.15. The Morgan fingerprint density at radius 2 is 1.77 bits per heavy atom. The largest absolute Gasteiger partial charge is 0.454 e. The van der Waals surface area contributed by atoms with Crippen molar-refractivity contribution in [1.82, 2.24) is 15.0 Å². The molecule has 0 aliphatic carbocycles. The number of aromatic nitrogens is 3. The van der Waals surface area contributed by atoms with Gasteiger partial charge in [0.1, 0.15) is 5.52 Å². The van der Waals surface area contributed by atoms with Gasteiger partial charge in [-0.2, -0.15) is 0 Å². The molecule has 1 heterocycles. The number of rotatable bonds is 8. The topological polar surface area (TPSA) is 103 Å². The molecule has 2 aromatic carbocycles. The molecule has 0 aliphatic heterocycles. The van der Waals surface area contributed by atoms with Crippen molar-refractivity contribution in [1.29, 1.82) is 0 Å². The summed E-state index contributed by atoms with van der Waals surface area (Å²) in [6, 6.07) is 11.5. The maximum Gasteiger partial charge on any atom is 0.338 e. The van der Waals surface area contributed by atoms with E-state index in [-0.39, 0.29) is 24.2 Å². The van der Waals surface area contributed by atoms with Crippen LogP contribution in [0.4, 0.5) is 5.69 Å². The van der Waals surface area contributed by atoms with E-state index < -0.39 is 5.97 Å². The molecule has 0 unspecified atom stereocenters. The lowest BCUT2D eigenvalue weighted by atomic mass is 10.1. The van der Waals surface area contributed by atoms with Gasteiger partial charge in [-0.1, -0.05) is 19.1 Å². The summed E-state index contributed by atoms with van der Waals surface area (Å²) in [5.41, 5.74) is 2.73. The molecule has 1 aromatic heterocycles. The molecule has 8 nitrogen and oxygen atoms in total. The fourth-order valence-electron chi connectivity index (χ4n) is 2.95. The number of amides is 1. The van der Waals surface area contributed by atoms with Crippen LogP contribution in [-0.4, -0.2) is 39.3 Å². The van der Waals surface area contributed by atoms with Gasteiger partial charge < -0.3 is 10.1 Å². The van der Waals surface area contributed by atoms with Crippen LogP contribution in [0.25, 0.3) is 11.0 Å². The number of anilines is 1. The Hall–Kier alpha value is -3.55. The van der Waals surface area contributed by atoms with Crippen LogP contribution in [0.5, 0.6) is 0 Å². The molecule has 3 aromatic rings. The van der Waals surface area contributed by atoms with Crippen molar-refractivity contribution in [3.63, 3.8) is 0 Å². The van der Waals surface area contributed by atoms with Crippen LogP contribution >= 0.6 is 0 Å². The summed E-state index contributed by atoms with van der Waals surface area (Å²) in [6.45, 7) is 6.19. The first-order chi connectivity index (χ1) is 14.4. The smallest absolute Gasteiger partial charge is 0.338 e. The van der Waals surface area contributed by atoms with Gasteiger partial charge in [-0.05, 0) is 55.3 Å². The molecular formula is C22H24N4O4. The molecule has 156 valence electrons. The highest BCUT2D eigenvalue weighted by molar-refractivity contribution is 6.00. The zero-order chi connectivity index (χ0) is 21.7. The molecular weight excluding hydrogens is 384 g/mol. The van der Waals surface area contributed by atoms with Crippen molar-refractivity contribution in [2.75, 3.05) is 11.9 Å². The number of ketones is 1. The van der Waals surface area contributed by atoms with E-state index in [4.69, 9.17) is 4.74 Å². The third-order valence-electron chi connectivity index (χ3n) is 4.47. The molecule has 1 amide bonds. The monoisotopic (exact) mass is 408 g/mol. The van der Waals surface area contributed by atoms with E-state index in [9.17, 15) is 14.4 Å². The molecule has 8 heteroatoms. The van der Waals surface area contributed by atoms with E-state index in [0.29, 0.717) is 35.3 Å². The fraction of sp³-hybridized carbons (Fsp3) is 0.318. The Bertz CT molecular complexity index is 1070. The lowest BCUT2D eigenvalue weighted by Crippen LogP contribution is -2.15. The highest BCUT2D eigenvalue weighted by Gasteiger charge is 2.14. The quantitative estimate of drug-likeness (QED) is 0.452. The van der Waals surface area contributed by atoms with Gasteiger partial charge in [0.15, 0.2) is 12.4 Å². The molecule has 0 atom stereocenters. The Labute approximate surface area is 174 Å². The summed E-state index contributed by atoms with van der Waals surface area (Å²) in [4.78, 5) is 36.4. The first-order valence-corrected chi connectivity index (χ1v) is 9.81. The molecule has 3 rings (SSSR count). The summed E-state index contributed by atoms with van der Waals surface area (Å²) in [5, 5.41) is 10.8. The van der Waals surface area contributed by atoms with Gasteiger partial charge in [0.05, 0.1) is 11.1 Å². The predicted molar refractivity (Wildman–Crippen MR) is 112 cm³/mol. The summed E-state index contributed by atoms with van der Waals surface area (Å²) in [5.74, 6) is -0.746. The zero-order valence-corrected chi connectivity index (χ0v) is 17.2. The van der Waals surface area contributed by atoms with Crippen LogP contribution in [0.3, 0.4) is 0 Å². The maximum atomic E-state index is 12.3. The minimum absolute atomic E-state index is 0.0751. The van der Waals surface area contributed by atoms with Crippen molar-refractivity contribution < 1.29 is 19.1 Å². The molecule has 0 spiro atoms. The van der Waals surface area contributed by atoms with Gasteiger partial charge in [-0.3, -0.25) is 9.59 Å². The van der Waals surface area contributed by atoms with Crippen LogP contribution in [0.1, 0.15) is 47.9 Å². The lowest BCUT2D eigenvalue weighted by molar-refractivity contribution is -0.116. The molecule has 0 aliphatic rings. The molecule has 0 radical (unpaired) electrons. The minimum Gasteiger partial charge on any atom is -0.454 e. The van der Waals surface area contributed by atoms with Crippen LogP contribution in [0, 0.1) is 5.92 Å². The Morgan fingerprint density at radius 1 is 1.07 bits per heavy atom. The number of nitrogens with zero attached hydrogens (tertiary/aromatic N) is 3. The van der Waals surface area contributed by atoms with E-state index in [1.54, 1.807) is 47.1 Å². The van der Waals surface area contributed by atoms with E-state index in [2.05, 4.69) is 15.6 Å². The number of aryl methyl sites for hydroxylation is 1. The van der Waals surface area contributed by atoms with Gasteiger partial charge in [-0.15, -0.1) is 5.10 Å². The van der Waals surface area contributed by atoms with E-state index >= 15 is 0 Å². The Morgan fingerprint density at radius 3 is 2.43 bits per heavy atom. The maximum absolute atomic E-state index is 12.3. The lowest BCUT2D eigenvalue weighted by Gasteiger charge is -2.08. The number of Topliss-reactive ketones (excluding diaryl/α,β-unsaturated/α-hetero) is 1. The average molecular weight is 408 g/mol. The molecule has 0 saturated carbocycles. The Kier molecular flexibility index (Phi) is 6.56. The second kappa shape index (κ2) is 9.30. The second-order valence-electron chi connectivity index (χ2n) is 7.33. The molecule has 0 saturated heterocycles. The normalized spacial score (nSPS) is 10.9. The van der Waals surface area contributed by atoms with Gasteiger partial charge in [0.25, 0.3) is 0 Å². The highest BCUT2D eigenvalue weighted by atomic mass is 16.5. The summed E-state index contributed by atoms with van der Waals surface area (Å²) >= 11 is 0. The van der Waals surface area contributed by atoms with Gasteiger partial charge in [0, 0.05) is 24.2 Å². The van der Waals surface area contributed by atoms with Crippen molar-refractivity contribution in [2.24, 2.45) is 5.92 Å². The van der Waals surface area contributed by atoms with Crippen molar-refractivity contribution in [3.05, 3.63) is 53.6 Å². The third kappa shape index (κ3) is 5.08. The number of nitrogens with one attached hydrogen (secondary N) is 1. The molecule has 0 bridgehead atoms. The first-order valence-electron chi connectivity index (χ1n) is 9.81. The number of ether oxygens (including phenoxy) is 1. The van der Waals surface area contributed by atoms with E-state index in [1.807, 2.05) is 20.8 Å². The van der Waals surface area contributed by atoms with Crippen LogP contribution in [0.2, 0.25) is 0 Å². The zero-order valence-electron chi connectivity index (χ0n) is 17.2. The number of benzene rings is 2. The summed E-state index contributed by atoms with van der Waals surface area (Å²) in [7, 11) is 0. The van der Waals surface area contributed by atoms with Crippen molar-refractivity contribution in [2.45, 2.75) is 33.7 Å². The van der Waals surface area contributed by atoms with Crippen molar-refractivity contribution in [3.8, 4) is 0 Å². The summed E-state index contributed by atoms with van der Waals surface area (Å²) < 4.78 is 6.88. The first kappa shape index (κ1) is 21.2. The SMILES string of the molecule is CCn1nnc2cc(C(=O)OCC(=O)c3ccc(NC(=O)CC(C)C)cc3)ccc21. The number of hydrogen-bond acceptors (Lipinski definition) is 6. The number of carbonyl (C=O) groups is 3. The van der Waals surface area contributed by atoms with Gasteiger partial charge in [0.2, 0.25) is 5.91 Å². The standard InChI is InChI=1S/C22H24N4O4/c1-4-26-19-10-7-16(12-18(19)24-25-26)22(29)30-13-20(27)15-5-8-17(9-6-15)23-21(28)11-14(2)3/h5-10,12,14H,4,11,13H2,1-3H3,(H,23,28). The second-order valence-corrected chi connectivity index (χ2v) is 7.33. The number of carbonyl (C=O) groups excluding carboxylic acids is 3. The van der Waals surface area contributed by atoms with Gasteiger partial charge in [-0.25, -0.2) is 9.48 Å². The number of fused-ring (bicyclic) bond motifs is 1. The van der Waals surface area contributed by atoms with E-state index in [1.165, 1.54) is 0 Å². The molecule has 0 fully saturated rings. The minimum atomic E-state index is -0.603. The third-order valence-corrected chi connectivity index (χ3v) is 4.47. The van der Waals surface area contributed by atoms with Crippen LogP contribution in [-0.2, 0) is 16.1 Å². The van der Waals surface area contributed by atoms with Crippen LogP contribution in [0.15, 0.2) is 42.5 Å². The average Bonchev–Trinajstić information content (AvgIpc) is 3.14. The van der Waals surface area contributed by atoms with Gasteiger partial charge >= 0.3 is 5.97 Å².